The number of aryl methyl sites for hydroxylation is 1. The van der Waals surface area contributed by atoms with Crippen molar-refractivity contribution >= 4 is 65.6 Å². The molecule has 0 aliphatic carbocycles. The Balaban J connectivity index is 1.62. The van der Waals surface area contributed by atoms with Crippen LogP contribution >= 0.6 is 0 Å². The molecular formula is C31H20N2O. The van der Waals surface area contributed by atoms with E-state index in [0.717, 1.165) is 21.9 Å². The second-order valence-corrected chi connectivity index (χ2v) is 9.06. The van der Waals surface area contributed by atoms with Crippen LogP contribution in [0.1, 0.15) is 0 Å². The molecule has 0 fully saturated rings. The first-order chi connectivity index (χ1) is 16.8. The summed E-state index contributed by atoms with van der Waals surface area (Å²) < 4.78 is 11.0. The molecule has 0 spiro atoms. The third-order valence-electron chi connectivity index (χ3n) is 7.32. The molecule has 0 aliphatic rings. The van der Waals surface area contributed by atoms with Gasteiger partial charge in [0, 0.05) is 56.1 Å². The highest BCUT2D eigenvalue weighted by Crippen LogP contribution is 2.42. The van der Waals surface area contributed by atoms with E-state index in [0.29, 0.717) is 0 Å². The fraction of sp³-hybridized carbons (Fsp3) is 0.0323. The molecule has 3 nitrogen and oxygen atoms in total. The summed E-state index contributed by atoms with van der Waals surface area (Å²) in [5.41, 5.74) is 7.93. The number of nitrogens with zero attached hydrogens (tertiary/aromatic N) is 2. The molecule has 0 saturated heterocycles. The predicted molar refractivity (Wildman–Crippen MR) is 142 cm³/mol. The summed E-state index contributed by atoms with van der Waals surface area (Å²) in [6.45, 7) is 0. The van der Waals surface area contributed by atoms with E-state index in [1.54, 1.807) is 0 Å². The van der Waals surface area contributed by atoms with Crippen LogP contribution in [-0.4, -0.2) is 9.13 Å². The van der Waals surface area contributed by atoms with Gasteiger partial charge in [-0.05, 0) is 48.5 Å². The van der Waals surface area contributed by atoms with Crippen LogP contribution in [-0.2, 0) is 7.05 Å². The van der Waals surface area contributed by atoms with Crippen LogP contribution < -0.4 is 0 Å². The summed E-state index contributed by atoms with van der Waals surface area (Å²) in [6, 6.07) is 36.7. The number of rotatable bonds is 1. The molecule has 0 radical (unpaired) electrons. The van der Waals surface area contributed by atoms with Crippen molar-refractivity contribution in [2.75, 3.05) is 0 Å². The summed E-state index contributed by atoms with van der Waals surface area (Å²) in [4.78, 5) is 0. The first-order valence-electron chi connectivity index (χ1n) is 11.6. The fourth-order valence-electron chi connectivity index (χ4n) is 5.82. The van der Waals surface area contributed by atoms with Crippen LogP contribution in [0, 0.1) is 0 Å². The lowest BCUT2D eigenvalue weighted by Gasteiger charge is -2.07. The van der Waals surface area contributed by atoms with Gasteiger partial charge in [0.2, 0.25) is 0 Å². The van der Waals surface area contributed by atoms with E-state index in [1.165, 1.54) is 49.3 Å². The van der Waals surface area contributed by atoms with Crippen molar-refractivity contribution in [1.29, 1.82) is 0 Å². The van der Waals surface area contributed by atoms with E-state index < -0.39 is 0 Å². The molecule has 5 aromatic carbocycles. The van der Waals surface area contributed by atoms with Gasteiger partial charge in [-0.2, -0.15) is 0 Å². The lowest BCUT2D eigenvalue weighted by atomic mass is 10.0. The lowest BCUT2D eigenvalue weighted by molar-refractivity contribution is 0.669. The molecule has 8 rings (SSSR count). The molecule has 0 aliphatic heterocycles. The summed E-state index contributed by atoms with van der Waals surface area (Å²) in [5, 5.41) is 7.39. The number of fused-ring (bicyclic) bond motifs is 10. The van der Waals surface area contributed by atoms with Gasteiger partial charge in [0.05, 0.1) is 11.0 Å². The number of benzene rings is 5. The number of aromatic nitrogens is 2. The van der Waals surface area contributed by atoms with Gasteiger partial charge < -0.3 is 13.6 Å². The van der Waals surface area contributed by atoms with Gasteiger partial charge in [-0.3, -0.25) is 0 Å². The molecule has 3 heterocycles. The van der Waals surface area contributed by atoms with Crippen LogP contribution in [0.4, 0.5) is 0 Å². The van der Waals surface area contributed by atoms with Crippen LogP contribution in [0.2, 0.25) is 0 Å². The highest BCUT2D eigenvalue weighted by molar-refractivity contribution is 6.29. The molecular weight excluding hydrogens is 416 g/mol. The average Bonchev–Trinajstić information content (AvgIpc) is 3.51. The normalized spacial score (nSPS) is 12.3. The Bertz CT molecular complexity index is 2070. The van der Waals surface area contributed by atoms with Crippen molar-refractivity contribution in [2.24, 2.45) is 7.05 Å². The van der Waals surface area contributed by atoms with E-state index in [-0.39, 0.29) is 0 Å². The zero-order chi connectivity index (χ0) is 22.4. The van der Waals surface area contributed by atoms with Crippen molar-refractivity contribution in [3.63, 3.8) is 0 Å². The van der Waals surface area contributed by atoms with Gasteiger partial charge >= 0.3 is 0 Å². The maximum absolute atomic E-state index is 6.28. The van der Waals surface area contributed by atoms with E-state index >= 15 is 0 Å². The molecule has 3 aromatic heterocycles. The highest BCUT2D eigenvalue weighted by Gasteiger charge is 2.20. The van der Waals surface area contributed by atoms with E-state index in [4.69, 9.17) is 4.42 Å². The number of hydrogen-bond donors (Lipinski definition) is 0. The van der Waals surface area contributed by atoms with Crippen molar-refractivity contribution < 1.29 is 4.42 Å². The molecule has 0 unspecified atom stereocenters. The Morgan fingerprint density at radius 2 is 1.21 bits per heavy atom. The van der Waals surface area contributed by atoms with Crippen LogP contribution in [0.3, 0.4) is 0 Å². The molecule has 0 N–H and O–H groups in total. The van der Waals surface area contributed by atoms with Gasteiger partial charge in [-0.25, -0.2) is 0 Å². The minimum absolute atomic E-state index is 0.933. The second kappa shape index (κ2) is 6.30. The van der Waals surface area contributed by atoms with Crippen molar-refractivity contribution in [1.82, 2.24) is 9.13 Å². The number of para-hydroxylation sites is 3. The molecule has 160 valence electrons. The van der Waals surface area contributed by atoms with E-state index in [1.807, 2.05) is 12.1 Å². The SMILES string of the molecule is Cn1c2cc3c(cc2c2c4c5ccccc5n(-c5ccccc5)c4ccc21)oc1ccccc13. The van der Waals surface area contributed by atoms with Gasteiger partial charge in [-0.15, -0.1) is 0 Å². The van der Waals surface area contributed by atoms with Crippen LogP contribution in [0.5, 0.6) is 0 Å². The molecule has 0 bridgehead atoms. The zero-order valence-electron chi connectivity index (χ0n) is 18.6. The third-order valence-corrected chi connectivity index (χ3v) is 7.32. The summed E-state index contributed by atoms with van der Waals surface area (Å²) in [5.74, 6) is 0. The Morgan fingerprint density at radius 1 is 0.500 bits per heavy atom. The number of furan rings is 1. The minimum Gasteiger partial charge on any atom is -0.456 e. The van der Waals surface area contributed by atoms with E-state index in [2.05, 4.69) is 107 Å². The fourth-order valence-corrected chi connectivity index (χ4v) is 5.82. The first kappa shape index (κ1) is 18.0. The smallest absolute Gasteiger partial charge is 0.136 e. The molecule has 0 amide bonds. The lowest BCUT2D eigenvalue weighted by Crippen LogP contribution is -1.93. The Morgan fingerprint density at radius 3 is 2.09 bits per heavy atom. The van der Waals surface area contributed by atoms with Gasteiger partial charge in [0.15, 0.2) is 0 Å². The summed E-state index contributed by atoms with van der Waals surface area (Å²) in [7, 11) is 2.17. The largest absolute Gasteiger partial charge is 0.456 e. The van der Waals surface area contributed by atoms with Crippen LogP contribution in [0.15, 0.2) is 108 Å². The van der Waals surface area contributed by atoms with Crippen molar-refractivity contribution in [3.8, 4) is 5.69 Å². The number of hydrogen-bond acceptors (Lipinski definition) is 1. The molecule has 34 heavy (non-hydrogen) atoms. The van der Waals surface area contributed by atoms with Gasteiger partial charge in [0.25, 0.3) is 0 Å². The van der Waals surface area contributed by atoms with Crippen molar-refractivity contribution in [2.45, 2.75) is 0 Å². The molecule has 8 aromatic rings. The average molecular weight is 437 g/mol. The maximum atomic E-state index is 6.28. The van der Waals surface area contributed by atoms with Crippen LogP contribution in [0.25, 0.3) is 71.2 Å². The minimum atomic E-state index is 0.933. The quantitative estimate of drug-likeness (QED) is 0.254. The third kappa shape index (κ3) is 2.16. The second-order valence-electron chi connectivity index (χ2n) is 9.06. The predicted octanol–water partition coefficient (Wildman–Crippen LogP) is 8.33. The highest BCUT2D eigenvalue weighted by atomic mass is 16.3. The summed E-state index contributed by atoms with van der Waals surface area (Å²) in [6.07, 6.45) is 0. The van der Waals surface area contributed by atoms with Gasteiger partial charge in [0.1, 0.15) is 11.2 Å². The maximum Gasteiger partial charge on any atom is 0.136 e. The Labute approximate surface area is 195 Å². The Kier molecular flexibility index (Phi) is 3.33. The standard InChI is InChI=1S/C31H20N2O/c1-32-25-15-16-26-30(21-12-5-7-13-24(21)33(26)19-9-3-2-4-10-19)31(25)23-18-29-22(17-27(23)32)20-11-6-8-14-28(20)34-29/h2-18H,1H3. The summed E-state index contributed by atoms with van der Waals surface area (Å²) >= 11 is 0. The molecule has 3 heteroatoms. The van der Waals surface area contributed by atoms with Gasteiger partial charge in [-0.1, -0.05) is 54.6 Å². The van der Waals surface area contributed by atoms with E-state index in [9.17, 15) is 0 Å². The Hall–Kier alpha value is -4.50. The topological polar surface area (TPSA) is 23.0 Å². The molecule has 0 saturated carbocycles. The monoisotopic (exact) mass is 436 g/mol. The molecule has 0 atom stereocenters. The first-order valence-corrected chi connectivity index (χ1v) is 11.6. The zero-order valence-corrected chi connectivity index (χ0v) is 18.6. The van der Waals surface area contributed by atoms with Crippen molar-refractivity contribution in [3.05, 3.63) is 103 Å².